The number of ether oxygens (including phenoxy) is 1. The van der Waals surface area contributed by atoms with E-state index in [0.29, 0.717) is 11.6 Å². The van der Waals surface area contributed by atoms with Crippen LogP contribution in [-0.2, 0) is 4.74 Å². The van der Waals surface area contributed by atoms with Crippen LogP contribution in [0.1, 0.15) is 48.5 Å². The van der Waals surface area contributed by atoms with Crippen molar-refractivity contribution in [3.63, 3.8) is 0 Å². The highest BCUT2D eigenvalue weighted by Gasteiger charge is 2.21. The fraction of sp³-hybridized carbons (Fsp3) is 0.350. The Hall–Kier alpha value is -2.29. The van der Waals surface area contributed by atoms with Gasteiger partial charge in [0.2, 0.25) is 0 Å². The summed E-state index contributed by atoms with van der Waals surface area (Å²) in [5.41, 5.74) is 3.05. The zero-order chi connectivity index (χ0) is 15.8. The van der Waals surface area contributed by atoms with Gasteiger partial charge in [-0.05, 0) is 31.0 Å². The van der Waals surface area contributed by atoms with Crippen molar-refractivity contribution in [1.29, 1.82) is 0 Å². The number of para-hydroxylation sites is 1. The van der Waals surface area contributed by atoms with Gasteiger partial charge >= 0.3 is 5.97 Å². The molecule has 0 saturated heterocycles. The van der Waals surface area contributed by atoms with E-state index in [1.165, 1.54) is 55.5 Å². The maximum atomic E-state index is 11.9. The van der Waals surface area contributed by atoms with Gasteiger partial charge in [0, 0.05) is 22.3 Å². The number of hydrogen-bond acceptors (Lipinski definition) is 2. The van der Waals surface area contributed by atoms with Gasteiger partial charge in [-0.25, -0.2) is 4.79 Å². The van der Waals surface area contributed by atoms with E-state index < -0.39 is 0 Å². The molecule has 0 aliphatic heterocycles. The predicted octanol–water partition coefficient (Wildman–Crippen LogP) is 5.09. The molecule has 1 fully saturated rings. The van der Waals surface area contributed by atoms with Crippen LogP contribution in [-0.4, -0.2) is 17.6 Å². The van der Waals surface area contributed by atoms with Gasteiger partial charge in [-0.2, -0.15) is 0 Å². The first-order chi connectivity index (χ1) is 11.3. The number of carbonyl (C=O) groups is 1. The second-order valence-corrected chi connectivity index (χ2v) is 6.40. The van der Waals surface area contributed by atoms with Crippen LogP contribution in [0.25, 0.3) is 21.8 Å². The zero-order valence-corrected chi connectivity index (χ0v) is 13.4. The van der Waals surface area contributed by atoms with Crippen molar-refractivity contribution in [2.75, 3.05) is 7.11 Å². The Morgan fingerprint density at radius 3 is 2.52 bits per heavy atom. The Kier molecular flexibility index (Phi) is 3.56. The van der Waals surface area contributed by atoms with Crippen molar-refractivity contribution >= 4 is 27.8 Å². The molecule has 0 atom stereocenters. The van der Waals surface area contributed by atoms with E-state index in [-0.39, 0.29) is 5.97 Å². The number of rotatable bonds is 2. The molecule has 4 rings (SSSR count). The molecule has 1 heterocycles. The van der Waals surface area contributed by atoms with Crippen LogP contribution in [0.5, 0.6) is 0 Å². The number of nitrogens with zero attached hydrogens (tertiary/aromatic N) is 1. The average molecular weight is 307 g/mol. The minimum absolute atomic E-state index is 0.271. The molecule has 0 radical (unpaired) electrons. The summed E-state index contributed by atoms with van der Waals surface area (Å²) in [7, 11) is 1.43. The van der Waals surface area contributed by atoms with E-state index in [9.17, 15) is 4.79 Å². The van der Waals surface area contributed by atoms with Crippen molar-refractivity contribution in [3.8, 4) is 0 Å². The summed E-state index contributed by atoms with van der Waals surface area (Å²) >= 11 is 0. The van der Waals surface area contributed by atoms with Crippen molar-refractivity contribution in [1.82, 2.24) is 4.57 Å². The average Bonchev–Trinajstić information content (AvgIpc) is 2.95. The fourth-order valence-electron chi connectivity index (χ4n) is 3.98. The zero-order valence-electron chi connectivity index (χ0n) is 13.4. The predicted molar refractivity (Wildman–Crippen MR) is 92.9 cm³/mol. The first-order valence-electron chi connectivity index (χ1n) is 8.40. The minimum Gasteiger partial charge on any atom is -0.465 e. The van der Waals surface area contributed by atoms with Gasteiger partial charge in [-0.1, -0.05) is 43.5 Å². The molecule has 1 aliphatic carbocycles. The molecule has 3 nitrogen and oxygen atoms in total. The molecule has 0 amide bonds. The second-order valence-electron chi connectivity index (χ2n) is 6.40. The molecule has 118 valence electrons. The van der Waals surface area contributed by atoms with Crippen LogP contribution in [0.2, 0.25) is 0 Å². The Bertz CT molecular complexity index is 872. The lowest BCUT2D eigenvalue weighted by Gasteiger charge is -2.25. The molecule has 1 saturated carbocycles. The third-order valence-corrected chi connectivity index (χ3v) is 5.07. The molecule has 2 aromatic carbocycles. The monoisotopic (exact) mass is 307 g/mol. The van der Waals surface area contributed by atoms with Gasteiger partial charge in [0.25, 0.3) is 0 Å². The number of aromatic nitrogens is 1. The summed E-state index contributed by atoms with van der Waals surface area (Å²) in [5, 5.41) is 2.49. The van der Waals surface area contributed by atoms with Gasteiger partial charge in [0.05, 0.1) is 18.2 Å². The molecular weight excluding hydrogens is 286 g/mol. The topological polar surface area (TPSA) is 31.2 Å². The number of fused-ring (bicyclic) bond motifs is 3. The van der Waals surface area contributed by atoms with E-state index >= 15 is 0 Å². The maximum absolute atomic E-state index is 11.9. The highest BCUT2D eigenvalue weighted by atomic mass is 16.5. The standard InChI is InChI=1S/C20H21NO2/c1-23-20(22)14-11-12-17-16-9-5-6-10-18(16)21(19(17)13-14)15-7-3-2-4-8-15/h5-6,9-13,15H,2-4,7-8H2,1H3. The summed E-state index contributed by atoms with van der Waals surface area (Å²) in [5.74, 6) is -0.271. The van der Waals surface area contributed by atoms with Crippen LogP contribution in [0, 0.1) is 0 Å². The molecule has 3 aromatic rings. The lowest BCUT2D eigenvalue weighted by molar-refractivity contribution is 0.0601. The summed E-state index contributed by atoms with van der Waals surface area (Å²) in [6.07, 6.45) is 6.35. The summed E-state index contributed by atoms with van der Waals surface area (Å²) in [6, 6.07) is 15.0. The lowest BCUT2D eigenvalue weighted by atomic mass is 9.95. The molecule has 0 unspecified atom stereocenters. The highest BCUT2D eigenvalue weighted by Crippen LogP contribution is 2.37. The van der Waals surface area contributed by atoms with E-state index in [2.05, 4.69) is 34.9 Å². The van der Waals surface area contributed by atoms with Crippen LogP contribution in [0.15, 0.2) is 42.5 Å². The summed E-state index contributed by atoms with van der Waals surface area (Å²) < 4.78 is 7.35. The molecule has 23 heavy (non-hydrogen) atoms. The van der Waals surface area contributed by atoms with Crippen LogP contribution >= 0.6 is 0 Å². The minimum atomic E-state index is -0.271. The van der Waals surface area contributed by atoms with Crippen molar-refractivity contribution < 1.29 is 9.53 Å². The normalized spacial score (nSPS) is 16.0. The van der Waals surface area contributed by atoms with Crippen molar-refractivity contribution in [2.24, 2.45) is 0 Å². The smallest absolute Gasteiger partial charge is 0.337 e. The van der Waals surface area contributed by atoms with E-state index in [4.69, 9.17) is 4.74 Å². The van der Waals surface area contributed by atoms with E-state index in [0.717, 1.165) is 5.52 Å². The molecule has 3 heteroatoms. The lowest BCUT2D eigenvalue weighted by Crippen LogP contribution is -2.12. The molecule has 0 N–H and O–H groups in total. The number of hydrogen-bond donors (Lipinski definition) is 0. The van der Waals surface area contributed by atoms with Gasteiger partial charge < -0.3 is 9.30 Å². The Morgan fingerprint density at radius 1 is 1.00 bits per heavy atom. The van der Waals surface area contributed by atoms with Gasteiger partial charge in [0.1, 0.15) is 0 Å². The number of benzene rings is 2. The van der Waals surface area contributed by atoms with Gasteiger partial charge in [0.15, 0.2) is 0 Å². The summed E-state index contributed by atoms with van der Waals surface area (Å²) in [4.78, 5) is 11.9. The van der Waals surface area contributed by atoms with Gasteiger partial charge in [-0.15, -0.1) is 0 Å². The van der Waals surface area contributed by atoms with Crippen LogP contribution in [0.4, 0.5) is 0 Å². The van der Waals surface area contributed by atoms with Crippen molar-refractivity contribution in [3.05, 3.63) is 48.0 Å². The quantitative estimate of drug-likeness (QED) is 0.618. The van der Waals surface area contributed by atoms with E-state index in [1.807, 2.05) is 12.1 Å². The van der Waals surface area contributed by atoms with E-state index in [1.54, 1.807) is 0 Å². The Balaban J connectivity index is 2.00. The third kappa shape index (κ3) is 2.31. The number of esters is 1. The first kappa shape index (κ1) is 14.3. The third-order valence-electron chi connectivity index (χ3n) is 5.07. The van der Waals surface area contributed by atoms with Crippen molar-refractivity contribution in [2.45, 2.75) is 38.1 Å². The summed E-state index contributed by atoms with van der Waals surface area (Å²) in [6.45, 7) is 0. The second kappa shape index (κ2) is 5.73. The first-order valence-corrected chi connectivity index (χ1v) is 8.40. The maximum Gasteiger partial charge on any atom is 0.337 e. The molecule has 1 aliphatic rings. The number of carbonyl (C=O) groups excluding carboxylic acids is 1. The molecule has 1 aromatic heterocycles. The fourth-order valence-corrected chi connectivity index (χ4v) is 3.98. The molecule has 0 spiro atoms. The molecular formula is C20H21NO2. The van der Waals surface area contributed by atoms with Crippen LogP contribution < -0.4 is 0 Å². The highest BCUT2D eigenvalue weighted by molar-refractivity contribution is 6.09. The largest absolute Gasteiger partial charge is 0.465 e. The number of methoxy groups -OCH3 is 1. The van der Waals surface area contributed by atoms with Crippen LogP contribution in [0.3, 0.4) is 0 Å². The Labute approximate surface area is 135 Å². The van der Waals surface area contributed by atoms with Gasteiger partial charge in [-0.3, -0.25) is 0 Å². The SMILES string of the molecule is COC(=O)c1ccc2c3ccccc3n(C3CCCCC3)c2c1. The Morgan fingerprint density at radius 2 is 1.74 bits per heavy atom. The molecule has 0 bridgehead atoms.